The highest BCUT2D eigenvalue weighted by Crippen LogP contribution is 2.37. The quantitative estimate of drug-likeness (QED) is 0.776. The molecule has 0 aromatic heterocycles. The van der Waals surface area contributed by atoms with Crippen LogP contribution in [-0.4, -0.2) is 18.1 Å². The zero-order chi connectivity index (χ0) is 13.6. The topological polar surface area (TPSA) is 38.0 Å². The molecule has 1 atom stereocenters. The van der Waals surface area contributed by atoms with Crippen molar-refractivity contribution < 1.29 is 13.2 Å². The molecule has 0 aliphatic carbocycles. The van der Waals surface area contributed by atoms with E-state index in [-0.39, 0.29) is 22.7 Å². The van der Waals surface area contributed by atoms with Crippen molar-refractivity contribution in [1.82, 2.24) is 0 Å². The Bertz CT molecular complexity index is 351. The lowest BCUT2D eigenvalue weighted by atomic mass is 10.1. The SMILES string of the molecule is CCC(CCN)Nc1ccc(SC(F)(F)F)cc1. The molecule has 0 amide bonds. The van der Waals surface area contributed by atoms with Crippen LogP contribution in [0.5, 0.6) is 0 Å². The van der Waals surface area contributed by atoms with E-state index in [1.807, 2.05) is 6.92 Å². The molecular formula is C12H17F3N2S. The van der Waals surface area contributed by atoms with E-state index in [1.54, 1.807) is 12.1 Å². The van der Waals surface area contributed by atoms with Crippen LogP contribution in [0, 0.1) is 0 Å². The summed E-state index contributed by atoms with van der Waals surface area (Å²) in [5.74, 6) is 0. The Balaban J connectivity index is 2.59. The molecule has 0 fully saturated rings. The second kappa shape index (κ2) is 6.89. The molecule has 0 radical (unpaired) electrons. The number of halogens is 3. The van der Waals surface area contributed by atoms with Crippen LogP contribution < -0.4 is 11.1 Å². The van der Waals surface area contributed by atoms with Crippen LogP contribution in [-0.2, 0) is 0 Å². The fourth-order valence-electron chi connectivity index (χ4n) is 1.57. The highest BCUT2D eigenvalue weighted by atomic mass is 32.2. The van der Waals surface area contributed by atoms with Gasteiger partial charge < -0.3 is 11.1 Å². The van der Waals surface area contributed by atoms with Crippen LogP contribution in [0.1, 0.15) is 19.8 Å². The van der Waals surface area contributed by atoms with Crippen molar-refractivity contribution in [2.45, 2.75) is 36.2 Å². The summed E-state index contributed by atoms with van der Waals surface area (Å²) in [5.41, 5.74) is 2.07. The van der Waals surface area contributed by atoms with Crippen molar-refractivity contribution in [3.8, 4) is 0 Å². The van der Waals surface area contributed by atoms with Gasteiger partial charge in [0.1, 0.15) is 0 Å². The molecule has 2 nitrogen and oxygen atoms in total. The molecule has 1 aromatic rings. The molecule has 1 unspecified atom stereocenters. The fraction of sp³-hybridized carbons (Fsp3) is 0.500. The number of nitrogens with two attached hydrogens (primary N) is 1. The van der Waals surface area contributed by atoms with E-state index < -0.39 is 5.51 Å². The molecule has 3 N–H and O–H groups in total. The van der Waals surface area contributed by atoms with E-state index >= 15 is 0 Å². The smallest absolute Gasteiger partial charge is 0.382 e. The average molecular weight is 278 g/mol. The van der Waals surface area contributed by atoms with Gasteiger partial charge in [-0.2, -0.15) is 13.2 Å². The zero-order valence-electron chi connectivity index (χ0n) is 10.1. The molecule has 18 heavy (non-hydrogen) atoms. The van der Waals surface area contributed by atoms with Crippen molar-refractivity contribution in [2.24, 2.45) is 5.73 Å². The number of rotatable bonds is 6. The minimum atomic E-state index is -4.24. The van der Waals surface area contributed by atoms with Crippen LogP contribution in [0.25, 0.3) is 0 Å². The summed E-state index contributed by atoms with van der Waals surface area (Å²) in [5, 5.41) is 3.25. The number of hydrogen-bond acceptors (Lipinski definition) is 3. The predicted octanol–water partition coefficient (Wildman–Crippen LogP) is 3.84. The molecular weight excluding hydrogens is 261 g/mol. The lowest BCUT2D eigenvalue weighted by Crippen LogP contribution is -2.22. The van der Waals surface area contributed by atoms with Gasteiger partial charge in [0.25, 0.3) is 0 Å². The minimum absolute atomic E-state index is 0.103. The van der Waals surface area contributed by atoms with E-state index in [4.69, 9.17) is 5.73 Å². The maximum absolute atomic E-state index is 12.1. The Morgan fingerprint density at radius 3 is 2.33 bits per heavy atom. The molecule has 0 heterocycles. The third-order valence-electron chi connectivity index (χ3n) is 2.47. The van der Waals surface area contributed by atoms with E-state index in [0.717, 1.165) is 18.5 Å². The first kappa shape index (κ1) is 15.2. The van der Waals surface area contributed by atoms with E-state index in [0.29, 0.717) is 6.54 Å². The van der Waals surface area contributed by atoms with Gasteiger partial charge in [0.15, 0.2) is 0 Å². The molecule has 0 aliphatic heterocycles. The van der Waals surface area contributed by atoms with Crippen LogP contribution >= 0.6 is 11.8 Å². The summed E-state index contributed by atoms with van der Waals surface area (Å²) >= 11 is -0.103. The van der Waals surface area contributed by atoms with Crippen molar-refractivity contribution in [2.75, 3.05) is 11.9 Å². The van der Waals surface area contributed by atoms with Gasteiger partial charge in [-0.15, -0.1) is 0 Å². The standard InChI is InChI=1S/C12H17F3N2S/c1-2-9(7-8-16)17-10-3-5-11(6-4-10)18-12(13,14)15/h3-6,9,17H,2,7-8,16H2,1H3. The highest BCUT2D eigenvalue weighted by Gasteiger charge is 2.28. The Morgan fingerprint density at radius 2 is 1.89 bits per heavy atom. The molecule has 6 heteroatoms. The Kier molecular flexibility index (Phi) is 5.81. The molecule has 0 saturated heterocycles. The highest BCUT2D eigenvalue weighted by molar-refractivity contribution is 8.00. The second-order valence-electron chi connectivity index (χ2n) is 3.90. The molecule has 102 valence electrons. The Hall–Kier alpha value is -0.880. The molecule has 0 bridgehead atoms. The molecule has 1 rings (SSSR count). The number of thioether (sulfide) groups is 1. The predicted molar refractivity (Wildman–Crippen MR) is 69.7 cm³/mol. The summed E-state index contributed by atoms with van der Waals surface area (Å²) < 4.78 is 36.4. The Labute approximate surface area is 109 Å². The van der Waals surface area contributed by atoms with Crippen molar-refractivity contribution in [3.63, 3.8) is 0 Å². The van der Waals surface area contributed by atoms with Crippen molar-refractivity contribution >= 4 is 17.4 Å². The number of benzene rings is 1. The summed E-state index contributed by atoms with van der Waals surface area (Å²) in [6.45, 7) is 2.63. The number of nitrogens with one attached hydrogen (secondary N) is 1. The van der Waals surface area contributed by atoms with Gasteiger partial charge in [-0.05, 0) is 55.4 Å². The normalized spacial score (nSPS) is 13.4. The maximum atomic E-state index is 12.1. The minimum Gasteiger partial charge on any atom is -0.382 e. The van der Waals surface area contributed by atoms with Gasteiger partial charge >= 0.3 is 5.51 Å². The van der Waals surface area contributed by atoms with Gasteiger partial charge in [0.05, 0.1) is 0 Å². The van der Waals surface area contributed by atoms with Crippen molar-refractivity contribution in [3.05, 3.63) is 24.3 Å². The van der Waals surface area contributed by atoms with Gasteiger partial charge in [-0.1, -0.05) is 6.92 Å². The van der Waals surface area contributed by atoms with Gasteiger partial charge in [-0.3, -0.25) is 0 Å². The number of anilines is 1. The summed E-state index contributed by atoms with van der Waals surface area (Å²) in [7, 11) is 0. The lowest BCUT2D eigenvalue weighted by molar-refractivity contribution is -0.0328. The third kappa shape index (κ3) is 5.64. The van der Waals surface area contributed by atoms with Gasteiger partial charge in [-0.25, -0.2) is 0 Å². The van der Waals surface area contributed by atoms with Crippen LogP contribution in [0.2, 0.25) is 0 Å². The van der Waals surface area contributed by atoms with E-state index in [2.05, 4.69) is 5.32 Å². The number of alkyl halides is 3. The van der Waals surface area contributed by atoms with E-state index in [9.17, 15) is 13.2 Å². The molecule has 0 spiro atoms. The second-order valence-corrected chi connectivity index (χ2v) is 5.04. The largest absolute Gasteiger partial charge is 0.446 e. The molecule has 0 saturated carbocycles. The Morgan fingerprint density at radius 1 is 1.28 bits per heavy atom. The van der Waals surface area contributed by atoms with Crippen LogP contribution in [0.3, 0.4) is 0 Å². The maximum Gasteiger partial charge on any atom is 0.446 e. The van der Waals surface area contributed by atoms with Crippen LogP contribution in [0.15, 0.2) is 29.2 Å². The zero-order valence-corrected chi connectivity index (χ0v) is 10.9. The van der Waals surface area contributed by atoms with Crippen LogP contribution in [0.4, 0.5) is 18.9 Å². The van der Waals surface area contributed by atoms with E-state index in [1.165, 1.54) is 12.1 Å². The molecule has 0 aliphatic rings. The van der Waals surface area contributed by atoms with Gasteiger partial charge in [0.2, 0.25) is 0 Å². The average Bonchev–Trinajstić information content (AvgIpc) is 2.29. The lowest BCUT2D eigenvalue weighted by Gasteiger charge is -2.17. The fourth-order valence-corrected chi connectivity index (χ4v) is 2.11. The summed E-state index contributed by atoms with van der Waals surface area (Å²) in [4.78, 5) is 0.194. The monoisotopic (exact) mass is 278 g/mol. The van der Waals surface area contributed by atoms with Crippen molar-refractivity contribution in [1.29, 1.82) is 0 Å². The first-order valence-corrected chi connectivity index (χ1v) is 6.58. The summed E-state index contributed by atoms with van der Waals surface area (Å²) in [6, 6.07) is 6.52. The first-order valence-electron chi connectivity index (χ1n) is 5.77. The third-order valence-corrected chi connectivity index (χ3v) is 3.21. The number of hydrogen-bond donors (Lipinski definition) is 2. The first-order chi connectivity index (χ1) is 8.44. The van der Waals surface area contributed by atoms with Gasteiger partial charge in [0, 0.05) is 16.6 Å². The molecule has 1 aromatic carbocycles. The summed E-state index contributed by atoms with van der Waals surface area (Å²) in [6.07, 6.45) is 1.77.